The lowest BCUT2D eigenvalue weighted by atomic mass is 9.99. The van der Waals surface area contributed by atoms with Crippen LogP contribution in [0.3, 0.4) is 0 Å². The van der Waals surface area contributed by atoms with Crippen LogP contribution in [-0.4, -0.2) is 44.7 Å². The van der Waals surface area contributed by atoms with Crippen LogP contribution in [-0.2, 0) is 13.0 Å². The summed E-state index contributed by atoms with van der Waals surface area (Å²) in [6, 6.07) is 26.8. The Bertz CT molecular complexity index is 1030. The molecule has 1 atom stereocenters. The molecule has 2 heterocycles. The lowest BCUT2D eigenvalue weighted by Gasteiger charge is -2.39. The van der Waals surface area contributed by atoms with E-state index in [4.69, 9.17) is 4.74 Å². The van der Waals surface area contributed by atoms with Crippen LogP contribution in [0.5, 0.6) is 5.75 Å². The fourth-order valence-corrected chi connectivity index (χ4v) is 5.19. The highest BCUT2D eigenvalue weighted by Gasteiger charge is 2.28. The van der Waals surface area contributed by atoms with E-state index in [1.54, 1.807) is 0 Å². The van der Waals surface area contributed by atoms with Gasteiger partial charge in [-0.3, -0.25) is 4.90 Å². The number of nitrogens with zero attached hydrogens (tertiary/aromatic N) is 3. The highest BCUT2D eigenvalue weighted by atomic mass is 35.5. The minimum Gasteiger partial charge on any atom is -0.487 e. The van der Waals surface area contributed by atoms with Crippen molar-refractivity contribution in [2.45, 2.75) is 38.3 Å². The van der Waals surface area contributed by atoms with Crippen LogP contribution in [0.1, 0.15) is 30.4 Å². The van der Waals surface area contributed by atoms with Crippen LogP contribution in [0.25, 0.3) is 0 Å². The molecule has 0 aromatic heterocycles. The lowest BCUT2D eigenvalue weighted by Crippen LogP contribution is -2.46. The minimum absolute atomic E-state index is 0. The van der Waals surface area contributed by atoms with Gasteiger partial charge in [0, 0.05) is 50.2 Å². The second-order valence-electron chi connectivity index (χ2n) is 9.49. The lowest BCUT2D eigenvalue weighted by molar-refractivity contribution is 0.154. The molecule has 3 aromatic rings. The SMILES string of the molecule is CN(C)c1ccc(CCN2CCCC[C@H]2CN2c3ccccc3COc3ccccc32)cc1.Cl.Cl. The number of fused-ring (bicyclic) bond motifs is 2. The zero-order valence-corrected chi connectivity index (χ0v) is 22.4. The molecule has 4 nitrogen and oxygen atoms in total. The van der Waals surface area contributed by atoms with Crippen molar-refractivity contribution in [2.75, 3.05) is 43.5 Å². The average Bonchev–Trinajstić information content (AvgIpc) is 3.01. The van der Waals surface area contributed by atoms with E-state index in [-0.39, 0.29) is 24.8 Å². The van der Waals surface area contributed by atoms with Crippen LogP contribution < -0.4 is 14.5 Å². The van der Waals surface area contributed by atoms with E-state index < -0.39 is 0 Å². The molecule has 2 aliphatic rings. The molecular formula is C29H37Cl2N3O. The molecule has 0 amide bonds. The van der Waals surface area contributed by atoms with Crippen LogP contribution in [0.4, 0.5) is 17.1 Å². The number of hydrogen-bond donors (Lipinski definition) is 0. The first kappa shape index (κ1) is 27.2. The third-order valence-corrected chi connectivity index (χ3v) is 7.10. The second kappa shape index (κ2) is 12.5. The number of benzene rings is 3. The van der Waals surface area contributed by atoms with Gasteiger partial charge in [-0.1, -0.05) is 48.9 Å². The number of rotatable bonds is 6. The Labute approximate surface area is 222 Å². The molecule has 2 aliphatic heterocycles. The third kappa shape index (κ3) is 6.24. The molecule has 0 unspecified atom stereocenters. The van der Waals surface area contributed by atoms with E-state index in [2.05, 4.69) is 102 Å². The maximum absolute atomic E-state index is 6.19. The largest absolute Gasteiger partial charge is 0.487 e. The smallest absolute Gasteiger partial charge is 0.143 e. The Balaban J connectivity index is 0.00000171. The van der Waals surface area contributed by atoms with Crippen molar-refractivity contribution in [3.63, 3.8) is 0 Å². The van der Waals surface area contributed by atoms with E-state index >= 15 is 0 Å². The van der Waals surface area contributed by atoms with Crippen LogP contribution in [0.15, 0.2) is 72.8 Å². The standard InChI is InChI=1S/C29H35N3O.2ClH/c1-30(2)25-16-14-23(15-17-25)18-20-31-19-8-7-10-26(31)21-32-27-11-4-3-9-24(27)22-33-29-13-6-5-12-28(29)32;;/h3-6,9,11-17,26H,7-8,10,18-22H2,1-2H3;2*1H/t26-;;/m0../s1. The Kier molecular flexibility index (Phi) is 9.73. The predicted molar refractivity (Wildman–Crippen MR) is 152 cm³/mol. The van der Waals surface area contributed by atoms with Gasteiger partial charge >= 0.3 is 0 Å². The van der Waals surface area contributed by atoms with Crippen molar-refractivity contribution in [1.29, 1.82) is 0 Å². The van der Waals surface area contributed by atoms with Gasteiger partial charge in [-0.25, -0.2) is 0 Å². The molecule has 1 fully saturated rings. The fraction of sp³-hybridized carbons (Fsp3) is 0.379. The second-order valence-corrected chi connectivity index (χ2v) is 9.49. The highest BCUT2D eigenvalue weighted by Crippen LogP contribution is 2.40. The summed E-state index contributed by atoms with van der Waals surface area (Å²) in [4.78, 5) is 7.39. The minimum atomic E-state index is 0. The molecule has 0 bridgehead atoms. The van der Waals surface area contributed by atoms with Crippen molar-refractivity contribution in [3.8, 4) is 5.75 Å². The molecule has 6 heteroatoms. The molecule has 0 spiro atoms. The number of ether oxygens (including phenoxy) is 1. The molecule has 0 radical (unpaired) electrons. The zero-order valence-electron chi connectivity index (χ0n) is 20.7. The van der Waals surface area contributed by atoms with Crippen LogP contribution >= 0.6 is 24.8 Å². The number of halogens is 2. The van der Waals surface area contributed by atoms with Gasteiger partial charge in [0.1, 0.15) is 12.4 Å². The predicted octanol–water partition coefficient (Wildman–Crippen LogP) is 6.72. The summed E-state index contributed by atoms with van der Waals surface area (Å²) in [7, 11) is 4.19. The first-order valence-electron chi connectivity index (χ1n) is 12.3. The maximum Gasteiger partial charge on any atom is 0.143 e. The molecular weight excluding hydrogens is 477 g/mol. The Hall–Kier alpha value is -2.40. The summed E-state index contributed by atoms with van der Waals surface area (Å²) in [5.41, 5.74) is 6.41. The van der Waals surface area contributed by atoms with Crippen LogP contribution in [0.2, 0.25) is 0 Å². The van der Waals surface area contributed by atoms with Crippen molar-refractivity contribution in [2.24, 2.45) is 0 Å². The third-order valence-electron chi connectivity index (χ3n) is 7.10. The van der Waals surface area contributed by atoms with Gasteiger partial charge in [0.15, 0.2) is 0 Å². The van der Waals surface area contributed by atoms with Crippen molar-refractivity contribution < 1.29 is 4.74 Å². The van der Waals surface area contributed by atoms with Crippen molar-refractivity contribution >= 4 is 41.9 Å². The molecule has 35 heavy (non-hydrogen) atoms. The molecule has 188 valence electrons. The van der Waals surface area contributed by atoms with E-state index in [9.17, 15) is 0 Å². The summed E-state index contributed by atoms with van der Waals surface area (Å²) in [6.45, 7) is 3.92. The topological polar surface area (TPSA) is 19.0 Å². The zero-order chi connectivity index (χ0) is 22.6. The van der Waals surface area contributed by atoms with E-state index in [1.165, 1.54) is 54.0 Å². The Morgan fingerprint density at radius 3 is 2.34 bits per heavy atom. The Morgan fingerprint density at radius 2 is 1.57 bits per heavy atom. The van der Waals surface area contributed by atoms with Gasteiger partial charge in [0.25, 0.3) is 0 Å². The summed E-state index contributed by atoms with van der Waals surface area (Å²) in [5.74, 6) is 0.983. The van der Waals surface area contributed by atoms with Gasteiger partial charge in [0.05, 0.1) is 5.69 Å². The molecule has 0 aliphatic carbocycles. The first-order chi connectivity index (χ1) is 16.2. The number of likely N-dealkylation sites (tertiary alicyclic amines) is 1. The average molecular weight is 515 g/mol. The number of para-hydroxylation sites is 3. The number of hydrogen-bond acceptors (Lipinski definition) is 4. The fourth-order valence-electron chi connectivity index (χ4n) is 5.19. The quantitative estimate of drug-likeness (QED) is 0.363. The van der Waals surface area contributed by atoms with Gasteiger partial charge in [0.2, 0.25) is 0 Å². The molecule has 1 saturated heterocycles. The highest BCUT2D eigenvalue weighted by molar-refractivity contribution is 5.85. The molecule has 0 saturated carbocycles. The number of anilines is 3. The first-order valence-corrected chi connectivity index (χ1v) is 12.3. The van der Waals surface area contributed by atoms with Crippen molar-refractivity contribution in [3.05, 3.63) is 83.9 Å². The van der Waals surface area contributed by atoms with E-state index in [1.807, 2.05) is 0 Å². The monoisotopic (exact) mass is 513 g/mol. The van der Waals surface area contributed by atoms with Crippen molar-refractivity contribution in [1.82, 2.24) is 4.90 Å². The van der Waals surface area contributed by atoms with Gasteiger partial charge in [-0.05, 0) is 61.7 Å². The van der Waals surface area contributed by atoms with E-state index in [0.717, 1.165) is 25.3 Å². The summed E-state index contributed by atoms with van der Waals surface area (Å²) in [5, 5.41) is 0. The molecule has 3 aromatic carbocycles. The normalized spacial score (nSPS) is 17.1. The summed E-state index contributed by atoms with van der Waals surface area (Å²) < 4.78 is 6.19. The van der Waals surface area contributed by atoms with Gasteiger partial charge in [-0.15, -0.1) is 24.8 Å². The Morgan fingerprint density at radius 1 is 0.857 bits per heavy atom. The van der Waals surface area contributed by atoms with Crippen LogP contribution in [0, 0.1) is 0 Å². The van der Waals surface area contributed by atoms with Gasteiger partial charge in [-0.2, -0.15) is 0 Å². The summed E-state index contributed by atoms with van der Waals surface area (Å²) in [6.07, 6.45) is 4.96. The summed E-state index contributed by atoms with van der Waals surface area (Å²) >= 11 is 0. The maximum atomic E-state index is 6.19. The number of piperidine rings is 1. The molecule has 5 rings (SSSR count). The van der Waals surface area contributed by atoms with E-state index in [0.29, 0.717) is 12.6 Å². The van der Waals surface area contributed by atoms with Gasteiger partial charge < -0.3 is 14.5 Å². The molecule has 0 N–H and O–H groups in total.